The van der Waals surface area contributed by atoms with Gasteiger partial charge in [0, 0.05) is 18.4 Å². The normalized spacial score (nSPS) is 13.7. The van der Waals surface area contributed by atoms with Crippen LogP contribution in [0.25, 0.3) is 0 Å². The van der Waals surface area contributed by atoms with Gasteiger partial charge in [-0.05, 0) is 48.4 Å². The molecule has 36 heavy (non-hydrogen) atoms. The van der Waals surface area contributed by atoms with Crippen molar-refractivity contribution in [1.82, 2.24) is 5.06 Å². The number of hydroxylamine groups is 2. The predicted octanol–water partition coefficient (Wildman–Crippen LogP) is 4.66. The smallest absolute Gasteiger partial charge is 0.386 e. The van der Waals surface area contributed by atoms with Crippen molar-refractivity contribution in [1.29, 1.82) is 0 Å². The van der Waals surface area contributed by atoms with Crippen LogP contribution in [0.15, 0.2) is 53.7 Å². The zero-order valence-electron chi connectivity index (χ0n) is 20.5. The van der Waals surface area contributed by atoms with E-state index in [1.807, 2.05) is 24.3 Å². The van der Waals surface area contributed by atoms with Crippen LogP contribution in [0.4, 0.5) is 0 Å². The molecule has 1 aliphatic rings. The van der Waals surface area contributed by atoms with E-state index in [0.29, 0.717) is 11.7 Å². The van der Waals surface area contributed by atoms with Crippen molar-refractivity contribution in [2.45, 2.75) is 64.9 Å². The number of phenolic OH excluding ortho intramolecular Hbond substituents is 1. The van der Waals surface area contributed by atoms with Crippen LogP contribution >= 0.6 is 0 Å². The molecule has 0 aliphatic carbocycles. The van der Waals surface area contributed by atoms with Gasteiger partial charge in [0.25, 0.3) is 11.8 Å². The molecule has 2 amide bonds. The number of phenols is 1. The van der Waals surface area contributed by atoms with Gasteiger partial charge in [-0.25, -0.2) is 4.79 Å². The Labute approximate surface area is 210 Å². The van der Waals surface area contributed by atoms with Gasteiger partial charge < -0.3 is 19.5 Å². The molecule has 1 heterocycles. The van der Waals surface area contributed by atoms with Crippen LogP contribution in [0.1, 0.15) is 69.4 Å². The largest absolute Gasteiger partial charge is 0.508 e. The molecule has 0 radical (unpaired) electrons. The van der Waals surface area contributed by atoms with Crippen LogP contribution in [0, 0.1) is 0 Å². The van der Waals surface area contributed by atoms with E-state index in [-0.39, 0.29) is 36.5 Å². The number of benzene rings is 2. The Morgan fingerprint density at radius 1 is 0.917 bits per heavy atom. The zero-order chi connectivity index (χ0) is 25.8. The van der Waals surface area contributed by atoms with E-state index in [9.17, 15) is 19.5 Å². The Kier molecular flexibility index (Phi) is 10.3. The van der Waals surface area contributed by atoms with E-state index in [1.54, 1.807) is 0 Å². The highest BCUT2D eigenvalue weighted by Gasteiger charge is 2.34. The number of aromatic hydroxyl groups is 1. The molecule has 0 atom stereocenters. The Morgan fingerprint density at radius 2 is 1.56 bits per heavy atom. The third-order valence-corrected chi connectivity index (χ3v) is 5.59. The minimum absolute atomic E-state index is 0.00362. The van der Waals surface area contributed by atoms with Crippen molar-refractivity contribution < 1.29 is 33.9 Å². The SMILES string of the molecule is CCCCCCCCOc1ccc(CO/N=C(/C(=O)ON2C(=O)CCC2=O)c2ccc(O)cc2)cc1. The zero-order valence-corrected chi connectivity index (χ0v) is 20.5. The summed E-state index contributed by atoms with van der Waals surface area (Å²) in [5.41, 5.74) is 0.839. The lowest BCUT2D eigenvalue weighted by atomic mass is 10.1. The standard InChI is InChI=1S/C27H32N2O7/c1-2-3-4-5-6-7-18-34-23-14-8-20(9-15-23)19-35-28-26(21-10-12-22(30)13-11-21)27(33)36-29-24(31)16-17-25(29)32/h8-15,30H,2-7,16-19H2,1H3/b28-26+. The van der Waals surface area contributed by atoms with Crippen molar-refractivity contribution in [3.05, 3.63) is 59.7 Å². The molecular weight excluding hydrogens is 464 g/mol. The summed E-state index contributed by atoms with van der Waals surface area (Å²) < 4.78 is 5.78. The van der Waals surface area contributed by atoms with Gasteiger partial charge >= 0.3 is 5.97 Å². The number of unbranched alkanes of at least 4 members (excludes halogenated alkanes) is 5. The maximum absolute atomic E-state index is 12.7. The number of ether oxygens (including phenoxy) is 1. The molecule has 0 unspecified atom stereocenters. The Balaban J connectivity index is 1.55. The fourth-order valence-corrected chi connectivity index (χ4v) is 3.54. The molecule has 0 spiro atoms. The second kappa shape index (κ2) is 13.9. The lowest BCUT2D eigenvalue weighted by Crippen LogP contribution is -2.35. The number of hydrogen-bond acceptors (Lipinski definition) is 8. The monoisotopic (exact) mass is 496 g/mol. The molecule has 1 fully saturated rings. The van der Waals surface area contributed by atoms with Crippen molar-refractivity contribution in [2.24, 2.45) is 5.16 Å². The topological polar surface area (TPSA) is 115 Å². The number of hydrogen-bond donors (Lipinski definition) is 1. The van der Waals surface area contributed by atoms with Gasteiger partial charge in [0.15, 0.2) is 5.71 Å². The number of carbonyl (C=O) groups is 3. The Hall–Kier alpha value is -3.88. The first kappa shape index (κ1) is 26.7. The van der Waals surface area contributed by atoms with E-state index in [0.717, 1.165) is 24.2 Å². The molecule has 3 rings (SSSR count). The lowest BCUT2D eigenvalue weighted by molar-refractivity contribution is -0.192. The first-order chi connectivity index (χ1) is 17.5. The molecule has 1 aliphatic heterocycles. The summed E-state index contributed by atoms with van der Waals surface area (Å²) in [6.45, 7) is 2.94. The number of nitrogens with zero attached hydrogens (tertiary/aromatic N) is 2. The summed E-state index contributed by atoms with van der Waals surface area (Å²) in [7, 11) is 0. The molecule has 2 aromatic rings. The van der Waals surface area contributed by atoms with Gasteiger partial charge in [0.2, 0.25) is 0 Å². The number of amides is 2. The fourth-order valence-electron chi connectivity index (χ4n) is 3.54. The number of imide groups is 1. The highest BCUT2D eigenvalue weighted by Crippen LogP contribution is 2.17. The molecule has 9 nitrogen and oxygen atoms in total. The highest BCUT2D eigenvalue weighted by atomic mass is 16.7. The van der Waals surface area contributed by atoms with E-state index in [2.05, 4.69) is 12.1 Å². The minimum atomic E-state index is -1.03. The number of oxime groups is 1. The van der Waals surface area contributed by atoms with Gasteiger partial charge in [0.05, 0.1) is 6.61 Å². The second-order valence-corrected chi connectivity index (χ2v) is 8.48. The average molecular weight is 497 g/mol. The maximum atomic E-state index is 12.7. The van der Waals surface area contributed by atoms with Crippen LogP contribution < -0.4 is 4.74 Å². The Morgan fingerprint density at radius 3 is 2.22 bits per heavy atom. The van der Waals surface area contributed by atoms with Crippen molar-refractivity contribution in [2.75, 3.05) is 6.61 Å². The van der Waals surface area contributed by atoms with Crippen molar-refractivity contribution in [3.63, 3.8) is 0 Å². The fraction of sp³-hybridized carbons (Fsp3) is 0.407. The second-order valence-electron chi connectivity index (χ2n) is 8.48. The molecule has 2 aromatic carbocycles. The first-order valence-corrected chi connectivity index (χ1v) is 12.3. The third-order valence-electron chi connectivity index (χ3n) is 5.59. The Bertz CT molecular complexity index is 1030. The molecule has 9 heteroatoms. The highest BCUT2D eigenvalue weighted by molar-refractivity contribution is 6.43. The van der Waals surface area contributed by atoms with Crippen molar-refractivity contribution >= 4 is 23.5 Å². The van der Waals surface area contributed by atoms with E-state index in [1.165, 1.54) is 49.9 Å². The van der Waals surface area contributed by atoms with Crippen LogP contribution in [-0.2, 0) is 30.7 Å². The van der Waals surface area contributed by atoms with Gasteiger partial charge in [0.1, 0.15) is 18.1 Å². The first-order valence-electron chi connectivity index (χ1n) is 12.3. The van der Waals surface area contributed by atoms with Crippen LogP contribution in [-0.4, -0.2) is 40.3 Å². The number of carbonyl (C=O) groups excluding carboxylic acids is 3. The summed E-state index contributed by atoms with van der Waals surface area (Å²) in [5, 5.41) is 13.9. The quantitative estimate of drug-likeness (QED) is 0.175. The van der Waals surface area contributed by atoms with Crippen LogP contribution in [0.2, 0.25) is 0 Å². The van der Waals surface area contributed by atoms with Gasteiger partial charge in [-0.15, -0.1) is 5.06 Å². The molecule has 0 bridgehead atoms. The third kappa shape index (κ3) is 8.11. The predicted molar refractivity (Wildman–Crippen MR) is 132 cm³/mol. The van der Waals surface area contributed by atoms with E-state index in [4.69, 9.17) is 14.4 Å². The van der Waals surface area contributed by atoms with Crippen LogP contribution in [0.5, 0.6) is 11.5 Å². The summed E-state index contributed by atoms with van der Waals surface area (Å²) in [5.74, 6) is -1.46. The minimum Gasteiger partial charge on any atom is -0.508 e. The molecule has 1 N–H and O–H groups in total. The lowest BCUT2D eigenvalue weighted by Gasteiger charge is -2.13. The van der Waals surface area contributed by atoms with Gasteiger partial charge in [-0.2, -0.15) is 0 Å². The summed E-state index contributed by atoms with van der Waals surface area (Å²) >= 11 is 0. The van der Waals surface area contributed by atoms with E-state index < -0.39 is 17.8 Å². The van der Waals surface area contributed by atoms with Gasteiger partial charge in [-0.1, -0.05) is 56.3 Å². The molecular formula is C27H32N2O7. The van der Waals surface area contributed by atoms with Crippen molar-refractivity contribution in [3.8, 4) is 11.5 Å². The maximum Gasteiger partial charge on any atom is 0.386 e. The summed E-state index contributed by atoms with van der Waals surface area (Å²) in [4.78, 5) is 46.7. The summed E-state index contributed by atoms with van der Waals surface area (Å²) in [6, 6.07) is 13.0. The molecule has 1 saturated heterocycles. The van der Waals surface area contributed by atoms with E-state index >= 15 is 0 Å². The average Bonchev–Trinajstić information content (AvgIpc) is 3.19. The summed E-state index contributed by atoms with van der Waals surface area (Å²) in [6.07, 6.45) is 7.17. The van der Waals surface area contributed by atoms with Crippen LogP contribution in [0.3, 0.4) is 0 Å². The molecule has 0 saturated carbocycles. The van der Waals surface area contributed by atoms with Gasteiger partial charge in [-0.3, -0.25) is 9.59 Å². The molecule has 192 valence electrons. The number of rotatable bonds is 14. The molecule has 0 aromatic heterocycles.